The number of pyridine rings is 2. The van der Waals surface area contributed by atoms with Crippen molar-refractivity contribution in [2.24, 2.45) is 0 Å². The van der Waals surface area contributed by atoms with Crippen molar-refractivity contribution < 1.29 is 17.9 Å². The van der Waals surface area contributed by atoms with Gasteiger partial charge in [-0.05, 0) is 23.8 Å². The van der Waals surface area contributed by atoms with Crippen molar-refractivity contribution in [3.63, 3.8) is 0 Å². The Morgan fingerprint density at radius 1 is 1.00 bits per heavy atom. The van der Waals surface area contributed by atoms with Crippen LogP contribution in [0, 0.1) is 0 Å². The van der Waals surface area contributed by atoms with Crippen LogP contribution in [-0.4, -0.2) is 49.9 Å². The van der Waals surface area contributed by atoms with Crippen LogP contribution in [0.3, 0.4) is 0 Å². The second-order valence-corrected chi connectivity index (χ2v) is 10.7. The van der Waals surface area contributed by atoms with Crippen LogP contribution in [0.15, 0.2) is 82.8 Å². The summed E-state index contributed by atoms with van der Waals surface area (Å²) in [7, 11) is 0.750. The Labute approximate surface area is 202 Å². The average Bonchev–Trinajstić information content (AvgIpc) is 2.86. The zero-order chi connectivity index (χ0) is 24.3. The molecule has 2 aromatic heterocycles. The Bertz CT molecular complexity index is 1440. The van der Waals surface area contributed by atoms with Gasteiger partial charge in [0.1, 0.15) is 4.90 Å². The van der Waals surface area contributed by atoms with E-state index in [-0.39, 0.29) is 4.90 Å². The van der Waals surface area contributed by atoms with Crippen molar-refractivity contribution in [2.75, 3.05) is 21.2 Å². The normalized spacial score (nSPS) is 11.6. The summed E-state index contributed by atoms with van der Waals surface area (Å²) in [6.07, 6.45) is 1.34. The highest BCUT2D eigenvalue weighted by Gasteiger charge is 2.23. The van der Waals surface area contributed by atoms with Gasteiger partial charge in [-0.1, -0.05) is 48.5 Å². The van der Waals surface area contributed by atoms with Crippen molar-refractivity contribution in [3.05, 3.63) is 84.2 Å². The standard InChI is InChI=1S/C25H23N3O4S2/c1-28(2)34(30,31)18-13-14-22(26-15-18)33-16-21-24(25(29)32-3)23(17-9-5-4-6-10-17)19-11-7-8-12-20(19)27-21/h4-15H,16H2,1-3H3. The quantitative estimate of drug-likeness (QED) is 0.274. The number of benzene rings is 2. The van der Waals surface area contributed by atoms with Gasteiger partial charge in [-0.15, -0.1) is 11.8 Å². The summed E-state index contributed by atoms with van der Waals surface area (Å²) >= 11 is 1.37. The molecular formula is C25H23N3O4S2. The first-order valence-electron chi connectivity index (χ1n) is 10.4. The van der Waals surface area contributed by atoms with Gasteiger partial charge >= 0.3 is 5.97 Å². The maximum Gasteiger partial charge on any atom is 0.340 e. The predicted molar refractivity (Wildman–Crippen MR) is 133 cm³/mol. The van der Waals surface area contributed by atoms with E-state index in [1.807, 2.05) is 54.6 Å². The summed E-state index contributed by atoms with van der Waals surface area (Å²) in [4.78, 5) is 22.1. The van der Waals surface area contributed by atoms with E-state index in [1.54, 1.807) is 6.07 Å². The highest BCUT2D eigenvalue weighted by molar-refractivity contribution is 7.98. The number of rotatable bonds is 7. The number of hydrogen-bond donors (Lipinski definition) is 0. The zero-order valence-electron chi connectivity index (χ0n) is 18.9. The van der Waals surface area contributed by atoms with E-state index in [0.717, 1.165) is 26.3 Å². The molecule has 4 aromatic rings. The average molecular weight is 494 g/mol. The Hall–Kier alpha value is -3.27. The van der Waals surface area contributed by atoms with Gasteiger partial charge in [-0.2, -0.15) is 0 Å². The number of carbonyl (C=O) groups is 1. The Morgan fingerprint density at radius 2 is 1.71 bits per heavy atom. The topological polar surface area (TPSA) is 89.5 Å². The number of hydrogen-bond acceptors (Lipinski definition) is 7. The number of ether oxygens (including phenoxy) is 1. The Balaban J connectivity index is 1.77. The smallest absolute Gasteiger partial charge is 0.340 e. The first-order chi connectivity index (χ1) is 16.3. The number of para-hydroxylation sites is 1. The fourth-order valence-corrected chi connectivity index (χ4v) is 5.18. The lowest BCUT2D eigenvalue weighted by molar-refractivity contribution is 0.0600. The molecule has 0 atom stereocenters. The van der Waals surface area contributed by atoms with Gasteiger partial charge in [0.15, 0.2) is 0 Å². The number of nitrogens with zero attached hydrogens (tertiary/aromatic N) is 3. The molecule has 2 heterocycles. The van der Waals surface area contributed by atoms with Gasteiger partial charge in [0.05, 0.1) is 28.9 Å². The molecule has 0 N–H and O–H groups in total. The van der Waals surface area contributed by atoms with E-state index in [2.05, 4.69) is 4.98 Å². The number of esters is 1. The molecule has 0 amide bonds. The first kappa shape index (κ1) is 23.9. The van der Waals surface area contributed by atoms with Gasteiger partial charge in [0, 0.05) is 37.0 Å². The summed E-state index contributed by atoms with van der Waals surface area (Å²) in [5, 5.41) is 1.48. The molecule has 0 aliphatic rings. The molecule has 2 aromatic carbocycles. The lowest BCUT2D eigenvalue weighted by Gasteiger charge is -2.16. The zero-order valence-corrected chi connectivity index (χ0v) is 20.6. The lowest BCUT2D eigenvalue weighted by Crippen LogP contribution is -2.22. The number of aromatic nitrogens is 2. The molecule has 0 bridgehead atoms. The fraction of sp³-hybridized carbons (Fsp3) is 0.160. The molecule has 4 rings (SSSR count). The maximum atomic E-state index is 12.9. The number of carbonyl (C=O) groups excluding carboxylic acids is 1. The van der Waals surface area contributed by atoms with Gasteiger partial charge in [-0.25, -0.2) is 22.5 Å². The predicted octanol–water partition coefficient (Wildman–Crippen LogP) is 4.63. The number of sulfonamides is 1. The van der Waals surface area contributed by atoms with Crippen molar-refractivity contribution >= 4 is 38.7 Å². The highest BCUT2D eigenvalue weighted by atomic mass is 32.2. The van der Waals surface area contributed by atoms with Crippen LogP contribution in [0.5, 0.6) is 0 Å². The minimum absolute atomic E-state index is 0.118. The third-order valence-corrected chi connectivity index (χ3v) is 8.02. The number of thioether (sulfide) groups is 1. The molecule has 0 spiro atoms. The van der Waals surface area contributed by atoms with Crippen molar-refractivity contribution in [1.29, 1.82) is 0 Å². The molecule has 34 heavy (non-hydrogen) atoms. The van der Waals surface area contributed by atoms with E-state index in [9.17, 15) is 13.2 Å². The van der Waals surface area contributed by atoms with E-state index in [4.69, 9.17) is 9.72 Å². The van der Waals surface area contributed by atoms with Gasteiger partial charge in [0.2, 0.25) is 10.0 Å². The van der Waals surface area contributed by atoms with Crippen molar-refractivity contribution in [2.45, 2.75) is 15.7 Å². The summed E-state index contributed by atoms with van der Waals surface area (Å²) < 4.78 is 30.9. The minimum Gasteiger partial charge on any atom is -0.465 e. The number of methoxy groups -OCH3 is 1. The van der Waals surface area contributed by atoms with Crippen molar-refractivity contribution in [1.82, 2.24) is 14.3 Å². The Morgan fingerprint density at radius 3 is 2.35 bits per heavy atom. The molecule has 9 heteroatoms. The van der Waals surface area contributed by atoms with Gasteiger partial charge < -0.3 is 4.74 Å². The van der Waals surface area contributed by atoms with E-state index >= 15 is 0 Å². The summed E-state index contributed by atoms with van der Waals surface area (Å²) in [5.74, 6) is -0.116. The second kappa shape index (κ2) is 9.92. The molecule has 0 unspecified atom stereocenters. The lowest BCUT2D eigenvalue weighted by atomic mass is 9.94. The molecule has 0 saturated carbocycles. The Kier molecular flexibility index (Phi) is 6.97. The van der Waals surface area contributed by atoms with Crippen LogP contribution >= 0.6 is 11.8 Å². The van der Waals surface area contributed by atoms with Crippen LogP contribution in [0.4, 0.5) is 0 Å². The highest BCUT2D eigenvalue weighted by Crippen LogP contribution is 2.35. The van der Waals surface area contributed by atoms with E-state index < -0.39 is 16.0 Å². The third-order valence-electron chi connectivity index (χ3n) is 5.26. The van der Waals surface area contributed by atoms with E-state index in [0.29, 0.717) is 22.0 Å². The molecule has 0 aliphatic heterocycles. The SMILES string of the molecule is COC(=O)c1c(CSc2ccc(S(=O)(=O)N(C)C)cn2)nc2ccccc2c1-c1ccccc1. The van der Waals surface area contributed by atoms with Crippen LogP contribution < -0.4 is 0 Å². The van der Waals surface area contributed by atoms with Gasteiger partial charge in [0.25, 0.3) is 0 Å². The molecule has 0 fully saturated rings. The summed E-state index contributed by atoms with van der Waals surface area (Å²) in [5.41, 5.74) is 3.41. The fourth-order valence-electron chi connectivity index (χ4n) is 3.55. The molecule has 0 saturated heterocycles. The largest absolute Gasteiger partial charge is 0.465 e. The van der Waals surface area contributed by atoms with Crippen LogP contribution in [0.25, 0.3) is 22.0 Å². The molecule has 174 valence electrons. The van der Waals surface area contributed by atoms with Crippen LogP contribution in [0.1, 0.15) is 16.1 Å². The van der Waals surface area contributed by atoms with Crippen molar-refractivity contribution in [3.8, 4) is 11.1 Å². The molecular weight excluding hydrogens is 470 g/mol. The number of fused-ring (bicyclic) bond motifs is 1. The minimum atomic E-state index is -3.55. The maximum absolute atomic E-state index is 12.9. The molecule has 0 aliphatic carbocycles. The molecule has 0 radical (unpaired) electrons. The monoisotopic (exact) mass is 493 g/mol. The van der Waals surface area contributed by atoms with Crippen LogP contribution in [-0.2, 0) is 20.5 Å². The summed E-state index contributed by atoms with van der Waals surface area (Å²) in [6.45, 7) is 0. The van der Waals surface area contributed by atoms with Crippen LogP contribution in [0.2, 0.25) is 0 Å². The molecule has 7 nitrogen and oxygen atoms in total. The second-order valence-electron chi connectivity index (χ2n) is 7.59. The van der Waals surface area contributed by atoms with E-state index in [1.165, 1.54) is 45.2 Å². The van der Waals surface area contributed by atoms with Gasteiger partial charge in [-0.3, -0.25) is 4.98 Å². The first-order valence-corrected chi connectivity index (χ1v) is 12.8. The third kappa shape index (κ3) is 4.68. The summed E-state index contributed by atoms with van der Waals surface area (Å²) in [6, 6.07) is 20.5.